The summed E-state index contributed by atoms with van der Waals surface area (Å²) in [6.07, 6.45) is 15.4. The number of carbonyl (C=O) groups excluding carboxylic acids is 1. The Morgan fingerprint density at radius 1 is 1.29 bits per heavy atom. The number of rotatable bonds is 12. The molecule has 0 aromatic rings. The van der Waals surface area contributed by atoms with Crippen molar-refractivity contribution in [1.29, 1.82) is 0 Å². The highest BCUT2D eigenvalue weighted by molar-refractivity contribution is 5.83. The predicted octanol–water partition coefficient (Wildman–Crippen LogP) is 4.28. The summed E-state index contributed by atoms with van der Waals surface area (Å²) in [5.41, 5.74) is 0. The number of unbranched alkanes of at least 4 members (excludes halogenated alkanes) is 3. The lowest BCUT2D eigenvalue weighted by atomic mass is 9.91. The number of Topliss-reactive ketones (excluding diaryl/α,β-unsaturated/α-hetero) is 1. The van der Waals surface area contributed by atoms with Gasteiger partial charge in [0.25, 0.3) is 0 Å². The van der Waals surface area contributed by atoms with Gasteiger partial charge in [0.1, 0.15) is 5.78 Å². The Morgan fingerprint density at radius 2 is 2.08 bits per heavy atom. The van der Waals surface area contributed by atoms with E-state index in [9.17, 15) is 14.7 Å². The van der Waals surface area contributed by atoms with Crippen molar-refractivity contribution in [1.82, 2.24) is 0 Å². The lowest BCUT2D eigenvalue weighted by molar-refractivity contribution is -0.137. The van der Waals surface area contributed by atoms with E-state index in [1.54, 1.807) is 0 Å². The third-order valence-electron chi connectivity index (χ3n) is 4.66. The smallest absolute Gasteiger partial charge is 0.303 e. The average Bonchev–Trinajstić information content (AvgIpc) is 2.89. The van der Waals surface area contributed by atoms with Crippen molar-refractivity contribution in [2.45, 2.75) is 77.2 Å². The zero-order valence-electron chi connectivity index (χ0n) is 14.8. The van der Waals surface area contributed by atoms with Crippen LogP contribution in [0.2, 0.25) is 0 Å². The van der Waals surface area contributed by atoms with Gasteiger partial charge in [0, 0.05) is 18.8 Å². The highest BCUT2D eigenvalue weighted by Gasteiger charge is 2.31. The monoisotopic (exact) mass is 336 g/mol. The maximum Gasteiger partial charge on any atom is 0.303 e. The Morgan fingerprint density at radius 3 is 2.79 bits per heavy atom. The third-order valence-corrected chi connectivity index (χ3v) is 4.66. The van der Waals surface area contributed by atoms with Crippen LogP contribution < -0.4 is 0 Å². The molecule has 2 unspecified atom stereocenters. The molecule has 1 rings (SSSR count). The minimum atomic E-state index is -0.767. The van der Waals surface area contributed by atoms with E-state index >= 15 is 0 Å². The van der Waals surface area contributed by atoms with Crippen LogP contribution in [-0.4, -0.2) is 28.1 Å². The second-order valence-electron chi connectivity index (χ2n) is 6.72. The molecule has 0 saturated heterocycles. The SMILES string of the molecule is CCCCC[C@@H](O)C=CC1CCC(=O)C1CC=CCCCC(=O)O. The zero-order valence-corrected chi connectivity index (χ0v) is 14.8. The first-order valence-corrected chi connectivity index (χ1v) is 9.30. The molecule has 1 saturated carbocycles. The summed E-state index contributed by atoms with van der Waals surface area (Å²) in [7, 11) is 0. The number of carboxylic acids is 1. The van der Waals surface area contributed by atoms with Crippen molar-refractivity contribution < 1.29 is 19.8 Å². The van der Waals surface area contributed by atoms with Crippen LogP contribution in [0.15, 0.2) is 24.3 Å². The summed E-state index contributed by atoms with van der Waals surface area (Å²) in [6.45, 7) is 2.14. The maximum atomic E-state index is 12.0. The van der Waals surface area contributed by atoms with Crippen LogP contribution >= 0.6 is 0 Å². The molecule has 0 aromatic carbocycles. The Balaban J connectivity index is 2.37. The topological polar surface area (TPSA) is 74.6 Å². The molecule has 2 N–H and O–H groups in total. The average molecular weight is 336 g/mol. The fraction of sp³-hybridized carbons (Fsp3) is 0.700. The summed E-state index contributed by atoms with van der Waals surface area (Å²) in [5.74, 6) is -0.223. The minimum absolute atomic E-state index is 0.0137. The molecule has 0 bridgehead atoms. The Kier molecular flexibility index (Phi) is 10.3. The fourth-order valence-corrected chi connectivity index (χ4v) is 3.17. The quantitative estimate of drug-likeness (QED) is 0.412. The van der Waals surface area contributed by atoms with E-state index < -0.39 is 12.1 Å². The number of allylic oxidation sites excluding steroid dienone is 3. The van der Waals surface area contributed by atoms with Crippen LogP contribution in [0.3, 0.4) is 0 Å². The third kappa shape index (κ3) is 8.44. The number of aliphatic hydroxyl groups excluding tert-OH is 1. The molecule has 24 heavy (non-hydrogen) atoms. The van der Waals surface area contributed by atoms with E-state index in [0.29, 0.717) is 25.0 Å². The van der Waals surface area contributed by atoms with E-state index in [4.69, 9.17) is 5.11 Å². The zero-order chi connectivity index (χ0) is 17.8. The fourth-order valence-electron chi connectivity index (χ4n) is 3.17. The molecule has 136 valence electrons. The largest absolute Gasteiger partial charge is 0.481 e. The van der Waals surface area contributed by atoms with Crippen molar-refractivity contribution in [2.75, 3.05) is 0 Å². The van der Waals surface area contributed by atoms with Gasteiger partial charge < -0.3 is 10.2 Å². The lowest BCUT2D eigenvalue weighted by Crippen LogP contribution is -2.13. The van der Waals surface area contributed by atoms with Crippen molar-refractivity contribution in [3.8, 4) is 0 Å². The summed E-state index contributed by atoms with van der Waals surface area (Å²) in [6, 6.07) is 0. The summed E-state index contributed by atoms with van der Waals surface area (Å²) >= 11 is 0. The predicted molar refractivity (Wildman–Crippen MR) is 95.8 cm³/mol. The molecule has 3 atom stereocenters. The van der Waals surface area contributed by atoms with Crippen LogP contribution in [0.4, 0.5) is 0 Å². The summed E-state index contributed by atoms with van der Waals surface area (Å²) < 4.78 is 0. The number of carboxylic acid groups (broad SMARTS) is 1. The van der Waals surface area contributed by atoms with E-state index in [-0.39, 0.29) is 18.3 Å². The normalized spacial score (nSPS) is 22.7. The molecular weight excluding hydrogens is 304 g/mol. The van der Waals surface area contributed by atoms with Gasteiger partial charge in [0.05, 0.1) is 6.10 Å². The molecule has 4 heteroatoms. The van der Waals surface area contributed by atoms with Crippen LogP contribution in [0.5, 0.6) is 0 Å². The van der Waals surface area contributed by atoms with Gasteiger partial charge in [-0.3, -0.25) is 9.59 Å². The van der Waals surface area contributed by atoms with Crippen LogP contribution in [0.25, 0.3) is 0 Å². The van der Waals surface area contributed by atoms with Crippen molar-refractivity contribution in [3.05, 3.63) is 24.3 Å². The molecule has 4 nitrogen and oxygen atoms in total. The van der Waals surface area contributed by atoms with Crippen molar-refractivity contribution in [2.24, 2.45) is 11.8 Å². The Hall–Kier alpha value is -1.42. The van der Waals surface area contributed by atoms with Crippen molar-refractivity contribution >= 4 is 11.8 Å². The van der Waals surface area contributed by atoms with Gasteiger partial charge >= 0.3 is 5.97 Å². The van der Waals surface area contributed by atoms with Gasteiger partial charge in [0.15, 0.2) is 0 Å². The number of aliphatic hydroxyl groups is 1. The molecule has 0 amide bonds. The molecule has 0 aliphatic heterocycles. The first-order valence-electron chi connectivity index (χ1n) is 9.30. The van der Waals surface area contributed by atoms with Gasteiger partial charge in [0.2, 0.25) is 0 Å². The Labute approximate surface area is 145 Å². The molecule has 1 aliphatic carbocycles. The van der Waals surface area contributed by atoms with E-state index in [0.717, 1.165) is 38.5 Å². The van der Waals surface area contributed by atoms with Crippen LogP contribution in [0.1, 0.15) is 71.1 Å². The van der Waals surface area contributed by atoms with Crippen molar-refractivity contribution in [3.63, 3.8) is 0 Å². The lowest BCUT2D eigenvalue weighted by Gasteiger charge is -2.13. The highest BCUT2D eigenvalue weighted by atomic mass is 16.4. The van der Waals surface area contributed by atoms with E-state index in [1.807, 2.05) is 24.3 Å². The molecular formula is C20H32O4. The number of hydrogen-bond donors (Lipinski definition) is 2. The minimum Gasteiger partial charge on any atom is -0.481 e. The molecule has 0 spiro atoms. The second kappa shape index (κ2) is 12.0. The molecule has 1 fully saturated rings. The van der Waals surface area contributed by atoms with Crippen LogP contribution in [-0.2, 0) is 9.59 Å². The molecule has 0 radical (unpaired) electrons. The first-order chi connectivity index (χ1) is 11.5. The first kappa shape index (κ1) is 20.6. The van der Waals surface area contributed by atoms with Gasteiger partial charge in [-0.15, -0.1) is 0 Å². The van der Waals surface area contributed by atoms with Crippen LogP contribution in [0, 0.1) is 11.8 Å². The van der Waals surface area contributed by atoms with Gasteiger partial charge in [-0.05, 0) is 38.0 Å². The molecule has 0 heterocycles. The summed E-state index contributed by atoms with van der Waals surface area (Å²) in [4.78, 5) is 22.5. The van der Waals surface area contributed by atoms with Gasteiger partial charge in [-0.1, -0.05) is 50.5 Å². The summed E-state index contributed by atoms with van der Waals surface area (Å²) in [5, 5.41) is 18.6. The number of ketones is 1. The van der Waals surface area contributed by atoms with Gasteiger partial charge in [-0.25, -0.2) is 0 Å². The van der Waals surface area contributed by atoms with Gasteiger partial charge in [-0.2, -0.15) is 0 Å². The van der Waals surface area contributed by atoms with E-state index in [2.05, 4.69) is 6.92 Å². The Bertz CT molecular complexity index is 439. The second-order valence-corrected chi connectivity index (χ2v) is 6.72. The molecule has 1 aliphatic rings. The number of aliphatic carboxylic acids is 1. The van der Waals surface area contributed by atoms with E-state index in [1.165, 1.54) is 0 Å². The molecule has 0 aromatic heterocycles. The maximum absolute atomic E-state index is 12.0. The highest BCUT2D eigenvalue weighted by Crippen LogP contribution is 2.33. The number of hydrogen-bond acceptors (Lipinski definition) is 3. The standard InChI is InChI=1S/C20H32O4/c1-2-3-6-9-17(21)14-12-16-13-15-19(22)18(16)10-7-4-5-8-11-20(23)24/h4,7,12,14,16-18,21H,2-3,5-6,8-11,13,15H2,1H3,(H,23,24)/t16?,17-,18?/m1/s1. The number of carbonyl (C=O) groups is 2.